The molecule has 0 aliphatic heterocycles. The van der Waals surface area contributed by atoms with Crippen molar-refractivity contribution < 1.29 is 9.90 Å². The molecule has 0 aliphatic carbocycles. The first kappa shape index (κ1) is 19.2. The molecule has 20 heavy (non-hydrogen) atoms. The average molecular weight is 282 g/mol. The van der Waals surface area contributed by atoms with Crippen LogP contribution in [0.3, 0.4) is 0 Å². The molecule has 0 saturated carbocycles. The number of carbonyl (C=O) groups is 1. The Morgan fingerprint density at radius 2 is 1.45 bits per heavy atom. The fraction of sp³-hybridized carbons (Fsp3) is 0.833. The van der Waals surface area contributed by atoms with Crippen molar-refractivity contribution in [2.75, 3.05) is 0 Å². The van der Waals surface area contributed by atoms with E-state index in [4.69, 9.17) is 5.11 Å². The zero-order valence-electron chi connectivity index (χ0n) is 13.6. The molecule has 118 valence electrons. The zero-order chi connectivity index (χ0) is 15.1. The van der Waals surface area contributed by atoms with E-state index in [1.165, 1.54) is 57.8 Å². The number of aliphatic carboxylic acids is 1. The number of hydrogen-bond donors (Lipinski definition) is 1. The van der Waals surface area contributed by atoms with Crippen LogP contribution in [0.1, 0.15) is 90.9 Å². The lowest BCUT2D eigenvalue weighted by atomic mass is 9.98. The molecule has 0 aromatic rings. The molecule has 1 atom stereocenters. The molecule has 2 heteroatoms. The van der Waals surface area contributed by atoms with E-state index in [2.05, 4.69) is 19.1 Å². The minimum absolute atomic E-state index is 0.127. The monoisotopic (exact) mass is 282 g/mol. The second-order valence-electron chi connectivity index (χ2n) is 5.76. The van der Waals surface area contributed by atoms with Gasteiger partial charge in [-0.05, 0) is 38.5 Å². The van der Waals surface area contributed by atoms with E-state index in [1.54, 1.807) is 0 Å². The summed E-state index contributed by atoms with van der Waals surface area (Å²) in [5.41, 5.74) is 0. The molecule has 0 aliphatic rings. The lowest BCUT2D eigenvalue weighted by Crippen LogP contribution is -2.12. The maximum Gasteiger partial charge on any atom is 0.306 e. The van der Waals surface area contributed by atoms with Gasteiger partial charge in [-0.2, -0.15) is 0 Å². The minimum atomic E-state index is -0.626. The van der Waals surface area contributed by atoms with Gasteiger partial charge in [0, 0.05) is 0 Å². The molecule has 0 heterocycles. The third kappa shape index (κ3) is 12.3. The van der Waals surface area contributed by atoms with Crippen LogP contribution < -0.4 is 0 Å². The quantitative estimate of drug-likeness (QED) is 0.315. The van der Waals surface area contributed by atoms with Crippen LogP contribution in [0, 0.1) is 5.92 Å². The van der Waals surface area contributed by atoms with E-state index in [0.717, 1.165) is 19.3 Å². The third-order valence-electron chi connectivity index (χ3n) is 3.91. The van der Waals surface area contributed by atoms with E-state index in [-0.39, 0.29) is 5.92 Å². The van der Waals surface area contributed by atoms with Crippen LogP contribution >= 0.6 is 0 Å². The first-order chi connectivity index (χ1) is 9.72. The topological polar surface area (TPSA) is 37.3 Å². The first-order valence-electron chi connectivity index (χ1n) is 8.60. The number of carboxylic acids is 1. The van der Waals surface area contributed by atoms with Gasteiger partial charge in [-0.1, -0.05) is 64.5 Å². The average Bonchev–Trinajstić information content (AvgIpc) is 2.43. The van der Waals surface area contributed by atoms with Crippen molar-refractivity contribution in [3.63, 3.8) is 0 Å². The van der Waals surface area contributed by atoms with Crippen LogP contribution in [0.4, 0.5) is 0 Å². The fourth-order valence-electron chi connectivity index (χ4n) is 2.43. The summed E-state index contributed by atoms with van der Waals surface area (Å²) in [7, 11) is 0. The van der Waals surface area contributed by atoms with Gasteiger partial charge in [-0.25, -0.2) is 0 Å². The summed E-state index contributed by atoms with van der Waals surface area (Å²) < 4.78 is 0. The molecule has 0 radical (unpaired) electrons. The molecule has 0 fully saturated rings. The Hall–Kier alpha value is -0.790. The summed E-state index contributed by atoms with van der Waals surface area (Å²) in [5, 5.41) is 8.94. The summed E-state index contributed by atoms with van der Waals surface area (Å²) >= 11 is 0. The zero-order valence-corrected chi connectivity index (χ0v) is 13.6. The highest BCUT2D eigenvalue weighted by molar-refractivity contribution is 5.69. The molecule has 0 spiro atoms. The van der Waals surface area contributed by atoms with Gasteiger partial charge < -0.3 is 5.11 Å². The molecule has 2 nitrogen and oxygen atoms in total. The van der Waals surface area contributed by atoms with E-state index in [1.807, 2.05) is 6.92 Å². The van der Waals surface area contributed by atoms with Crippen molar-refractivity contribution in [3.05, 3.63) is 12.2 Å². The molecule has 0 aromatic heterocycles. The number of rotatable bonds is 14. The molecule has 0 bridgehead atoms. The minimum Gasteiger partial charge on any atom is -0.481 e. The number of hydrogen-bond acceptors (Lipinski definition) is 1. The summed E-state index contributed by atoms with van der Waals surface area (Å²) in [6.07, 6.45) is 18.8. The summed E-state index contributed by atoms with van der Waals surface area (Å²) in [5.74, 6) is -0.753. The Bertz CT molecular complexity index is 246. The third-order valence-corrected chi connectivity index (χ3v) is 3.91. The van der Waals surface area contributed by atoms with Gasteiger partial charge in [0.05, 0.1) is 5.92 Å². The van der Waals surface area contributed by atoms with E-state index in [9.17, 15) is 4.79 Å². The number of unbranched alkanes of at least 4 members (excludes halogenated alkanes) is 8. The highest BCUT2D eigenvalue weighted by atomic mass is 16.4. The molecular weight excluding hydrogens is 248 g/mol. The second kappa shape index (κ2) is 14.6. The Kier molecular flexibility index (Phi) is 14.0. The number of carboxylic acid groups (broad SMARTS) is 1. The lowest BCUT2D eigenvalue weighted by Gasteiger charge is -2.08. The number of allylic oxidation sites excluding steroid dienone is 2. The second-order valence-corrected chi connectivity index (χ2v) is 5.76. The SMILES string of the molecule is CCCCCC/C=C\CCCCCCC(CC)C(=O)O. The van der Waals surface area contributed by atoms with Crippen molar-refractivity contribution in [3.8, 4) is 0 Å². The van der Waals surface area contributed by atoms with Crippen LogP contribution in [0.2, 0.25) is 0 Å². The van der Waals surface area contributed by atoms with Crippen LogP contribution in [-0.2, 0) is 4.79 Å². The van der Waals surface area contributed by atoms with Crippen LogP contribution in [0.25, 0.3) is 0 Å². The van der Waals surface area contributed by atoms with Gasteiger partial charge in [-0.15, -0.1) is 0 Å². The molecule has 0 aromatic carbocycles. The van der Waals surface area contributed by atoms with E-state index >= 15 is 0 Å². The summed E-state index contributed by atoms with van der Waals surface area (Å²) in [6, 6.07) is 0. The highest BCUT2D eigenvalue weighted by Crippen LogP contribution is 2.15. The van der Waals surface area contributed by atoms with E-state index < -0.39 is 5.97 Å². The van der Waals surface area contributed by atoms with Crippen LogP contribution in [0.5, 0.6) is 0 Å². The van der Waals surface area contributed by atoms with Crippen molar-refractivity contribution >= 4 is 5.97 Å². The molecule has 0 rings (SSSR count). The van der Waals surface area contributed by atoms with Crippen molar-refractivity contribution in [2.24, 2.45) is 5.92 Å². The van der Waals surface area contributed by atoms with Gasteiger partial charge in [0.25, 0.3) is 0 Å². The van der Waals surface area contributed by atoms with E-state index in [0.29, 0.717) is 0 Å². The standard InChI is InChI=1S/C18H34O2/c1-3-5-6-7-8-9-10-11-12-13-14-15-16-17(4-2)18(19)20/h9-10,17H,3-8,11-16H2,1-2H3,(H,19,20)/b10-9-. The maximum absolute atomic E-state index is 10.9. The predicted molar refractivity (Wildman–Crippen MR) is 87.0 cm³/mol. The van der Waals surface area contributed by atoms with Crippen molar-refractivity contribution in [1.29, 1.82) is 0 Å². The van der Waals surface area contributed by atoms with Crippen molar-refractivity contribution in [1.82, 2.24) is 0 Å². The molecule has 1 unspecified atom stereocenters. The molecule has 0 amide bonds. The molecular formula is C18H34O2. The van der Waals surface area contributed by atoms with Gasteiger partial charge in [0.15, 0.2) is 0 Å². The van der Waals surface area contributed by atoms with Crippen molar-refractivity contribution in [2.45, 2.75) is 90.9 Å². The highest BCUT2D eigenvalue weighted by Gasteiger charge is 2.13. The lowest BCUT2D eigenvalue weighted by molar-refractivity contribution is -0.142. The van der Waals surface area contributed by atoms with Crippen LogP contribution in [-0.4, -0.2) is 11.1 Å². The normalized spacial score (nSPS) is 12.9. The Labute approximate surface area is 125 Å². The van der Waals surface area contributed by atoms with Gasteiger partial charge in [0.2, 0.25) is 0 Å². The van der Waals surface area contributed by atoms with Gasteiger partial charge in [-0.3, -0.25) is 4.79 Å². The summed E-state index contributed by atoms with van der Waals surface area (Å²) in [4.78, 5) is 10.9. The smallest absolute Gasteiger partial charge is 0.306 e. The maximum atomic E-state index is 10.9. The van der Waals surface area contributed by atoms with Gasteiger partial charge >= 0.3 is 5.97 Å². The molecule has 1 N–H and O–H groups in total. The van der Waals surface area contributed by atoms with Gasteiger partial charge in [0.1, 0.15) is 0 Å². The predicted octanol–water partition coefficient (Wildman–Crippen LogP) is 5.96. The Balaban J connectivity index is 3.27. The van der Waals surface area contributed by atoms with Crippen LogP contribution in [0.15, 0.2) is 12.2 Å². The Morgan fingerprint density at radius 3 is 1.95 bits per heavy atom. The molecule has 0 saturated heterocycles. The fourth-order valence-corrected chi connectivity index (χ4v) is 2.43. The summed E-state index contributed by atoms with van der Waals surface area (Å²) in [6.45, 7) is 4.21. The Morgan fingerprint density at radius 1 is 0.900 bits per heavy atom. The largest absolute Gasteiger partial charge is 0.481 e. The first-order valence-corrected chi connectivity index (χ1v) is 8.60.